The van der Waals surface area contributed by atoms with Crippen LogP contribution in [0.2, 0.25) is 0 Å². The zero-order valence-electron chi connectivity index (χ0n) is 19.1. The molecule has 1 atom stereocenters. The van der Waals surface area contributed by atoms with E-state index in [2.05, 4.69) is 10.2 Å². The van der Waals surface area contributed by atoms with Crippen molar-refractivity contribution < 1.29 is 17.9 Å². The molecule has 2 aromatic carbocycles. The second-order valence-electron chi connectivity index (χ2n) is 8.19. The molecule has 0 bridgehead atoms. The second-order valence-corrected chi connectivity index (χ2v) is 10.1. The van der Waals surface area contributed by atoms with Gasteiger partial charge >= 0.3 is 0 Å². The third-order valence-corrected chi connectivity index (χ3v) is 7.94. The SMILES string of the molecule is COc1ccc(C(=O)NCCCN(C)c2ccccc2)cc1S(=O)(=O)N1CCCC[C@@H]1C. The number of carbonyl (C=O) groups is 1. The Kier molecular flexibility index (Phi) is 8.15. The summed E-state index contributed by atoms with van der Waals surface area (Å²) >= 11 is 0. The van der Waals surface area contributed by atoms with E-state index >= 15 is 0 Å². The van der Waals surface area contributed by atoms with Crippen LogP contribution in [0.5, 0.6) is 5.75 Å². The third-order valence-electron chi connectivity index (χ3n) is 5.91. The first-order chi connectivity index (χ1) is 15.3. The highest BCUT2D eigenvalue weighted by molar-refractivity contribution is 7.89. The largest absolute Gasteiger partial charge is 0.495 e. The van der Waals surface area contributed by atoms with E-state index in [0.29, 0.717) is 18.7 Å². The Morgan fingerprint density at radius 1 is 1.19 bits per heavy atom. The summed E-state index contributed by atoms with van der Waals surface area (Å²) in [6.07, 6.45) is 3.46. The van der Waals surface area contributed by atoms with Gasteiger partial charge in [0.1, 0.15) is 10.6 Å². The number of hydrogen-bond acceptors (Lipinski definition) is 5. The molecule has 0 radical (unpaired) electrons. The smallest absolute Gasteiger partial charge is 0.251 e. The Labute approximate surface area is 191 Å². The lowest BCUT2D eigenvalue weighted by Crippen LogP contribution is -2.42. The number of rotatable bonds is 9. The first-order valence-electron chi connectivity index (χ1n) is 11.1. The van der Waals surface area contributed by atoms with Crippen molar-refractivity contribution in [3.8, 4) is 5.75 Å². The van der Waals surface area contributed by atoms with Crippen molar-refractivity contribution in [3.05, 3.63) is 54.1 Å². The summed E-state index contributed by atoms with van der Waals surface area (Å²) in [6.45, 7) is 3.69. The first kappa shape index (κ1) is 24.1. The quantitative estimate of drug-likeness (QED) is 0.581. The number of para-hydroxylation sites is 1. The van der Waals surface area contributed by atoms with E-state index in [9.17, 15) is 13.2 Å². The molecule has 174 valence electrons. The van der Waals surface area contributed by atoms with E-state index in [4.69, 9.17) is 4.74 Å². The number of nitrogens with one attached hydrogen (secondary N) is 1. The molecule has 0 spiro atoms. The van der Waals surface area contributed by atoms with Crippen LogP contribution >= 0.6 is 0 Å². The Morgan fingerprint density at radius 3 is 2.62 bits per heavy atom. The highest BCUT2D eigenvalue weighted by Gasteiger charge is 2.33. The second kappa shape index (κ2) is 10.8. The van der Waals surface area contributed by atoms with Crippen LogP contribution < -0.4 is 15.0 Å². The molecule has 1 heterocycles. The molecule has 1 amide bonds. The maximum absolute atomic E-state index is 13.3. The number of nitrogens with zero attached hydrogens (tertiary/aromatic N) is 2. The zero-order chi connectivity index (χ0) is 23.1. The summed E-state index contributed by atoms with van der Waals surface area (Å²) in [6, 6.07) is 14.6. The van der Waals surface area contributed by atoms with Gasteiger partial charge in [0, 0.05) is 44.0 Å². The van der Waals surface area contributed by atoms with E-state index in [1.165, 1.54) is 17.5 Å². The van der Waals surface area contributed by atoms with Crippen molar-refractivity contribution in [2.75, 3.05) is 38.7 Å². The van der Waals surface area contributed by atoms with Crippen LogP contribution in [-0.2, 0) is 10.0 Å². The van der Waals surface area contributed by atoms with Crippen LogP contribution in [0.1, 0.15) is 43.0 Å². The van der Waals surface area contributed by atoms with Gasteiger partial charge in [0.15, 0.2) is 0 Å². The normalized spacial score (nSPS) is 17.0. The molecular weight excluding hydrogens is 426 g/mol. The molecule has 0 aliphatic carbocycles. The standard InChI is InChI=1S/C24H33N3O4S/c1-19-10-7-8-17-27(19)32(29,30)23-18-20(13-14-22(23)31-3)24(28)25-15-9-16-26(2)21-11-5-4-6-12-21/h4-6,11-14,18-19H,7-10,15-17H2,1-3H3,(H,25,28)/t19-/m0/s1. The van der Waals surface area contributed by atoms with E-state index in [1.807, 2.05) is 44.3 Å². The Hall–Kier alpha value is -2.58. The van der Waals surface area contributed by atoms with Gasteiger partial charge in [-0.15, -0.1) is 0 Å². The molecule has 1 fully saturated rings. The van der Waals surface area contributed by atoms with Gasteiger partial charge in [-0.1, -0.05) is 24.6 Å². The maximum Gasteiger partial charge on any atom is 0.251 e. The summed E-state index contributed by atoms with van der Waals surface area (Å²) in [4.78, 5) is 14.9. The lowest BCUT2D eigenvalue weighted by molar-refractivity contribution is 0.0953. The Balaban J connectivity index is 1.66. The summed E-state index contributed by atoms with van der Waals surface area (Å²) in [5, 5.41) is 2.90. The molecule has 1 saturated heterocycles. The predicted octanol–water partition coefficient (Wildman–Crippen LogP) is 3.51. The summed E-state index contributed by atoms with van der Waals surface area (Å²) in [5.74, 6) is -0.0398. The molecule has 7 nitrogen and oxygen atoms in total. The van der Waals surface area contributed by atoms with Crippen molar-refractivity contribution in [2.45, 2.75) is 43.5 Å². The molecule has 0 unspecified atom stereocenters. The van der Waals surface area contributed by atoms with Crippen molar-refractivity contribution in [1.82, 2.24) is 9.62 Å². The zero-order valence-corrected chi connectivity index (χ0v) is 19.9. The fraction of sp³-hybridized carbons (Fsp3) is 0.458. The summed E-state index contributed by atoms with van der Waals surface area (Å²) in [5.41, 5.74) is 1.43. The lowest BCUT2D eigenvalue weighted by Gasteiger charge is -2.32. The van der Waals surface area contributed by atoms with Crippen molar-refractivity contribution in [2.24, 2.45) is 0 Å². The van der Waals surface area contributed by atoms with Crippen molar-refractivity contribution >= 4 is 21.6 Å². The number of benzene rings is 2. The minimum Gasteiger partial charge on any atom is -0.495 e. The molecule has 3 rings (SSSR count). The summed E-state index contributed by atoms with van der Waals surface area (Å²) < 4.78 is 33.5. The van der Waals surface area contributed by atoms with Crippen LogP contribution in [0.4, 0.5) is 5.69 Å². The first-order valence-corrected chi connectivity index (χ1v) is 12.5. The van der Waals surface area contributed by atoms with Gasteiger partial charge in [0.2, 0.25) is 10.0 Å². The summed E-state index contributed by atoms with van der Waals surface area (Å²) in [7, 11) is -0.301. The van der Waals surface area contributed by atoms with Gasteiger partial charge in [0.25, 0.3) is 5.91 Å². The number of amides is 1. The molecule has 0 aromatic heterocycles. The average Bonchev–Trinajstić information content (AvgIpc) is 2.81. The lowest BCUT2D eigenvalue weighted by atomic mass is 10.1. The maximum atomic E-state index is 13.3. The highest BCUT2D eigenvalue weighted by Crippen LogP contribution is 2.31. The number of hydrogen-bond donors (Lipinski definition) is 1. The van der Waals surface area contributed by atoms with Crippen LogP contribution in [0, 0.1) is 0 Å². The van der Waals surface area contributed by atoms with Crippen LogP contribution in [0.15, 0.2) is 53.4 Å². The molecule has 1 aliphatic rings. The number of piperidine rings is 1. The number of ether oxygens (including phenoxy) is 1. The number of anilines is 1. The molecule has 0 saturated carbocycles. The minimum atomic E-state index is -3.76. The predicted molar refractivity (Wildman–Crippen MR) is 127 cm³/mol. The monoisotopic (exact) mass is 459 g/mol. The number of methoxy groups -OCH3 is 1. The van der Waals surface area contributed by atoms with Crippen LogP contribution in [-0.4, -0.2) is 58.5 Å². The van der Waals surface area contributed by atoms with Crippen LogP contribution in [0.25, 0.3) is 0 Å². The molecule has 8 heteroatoms. The van der Waals surface area contributed by atoms with Crippen molar-refractivity contribution in [3.63, 3.8) is 0 Å². The molecule has 2 aromatic rings. The molecule has 1 N–H and O–H groups in total. The van der Waals surface area contributed by atoms with E-state index in [0.717, 1.165) is 37.9 Å². The fourth-order valence-electron chi connectivity index (χ4n) is 4.01. The average molecular weight is 460 g/mol. The molecule has 32 heavy (non-hydrogen) atoms. The van der Waals surface area contributed by atoms with Crippen molar-refractivity contribution in [1.29, 1.82) is 0 Å². The van der Waals surface area contributed by atoms with E-state index in [-0.39, 0.29) is 22.6 Å². The van der Waals surface area contributed by atoms with Gasteiger partial charge in [-0.05, 0) is 56.5 Å². The van der Waals surface area contributed by atoms with Gasteiger partial charge in [-0.2, -0.15) is 4.31 Å². The molecular formula is C24H33N3O4S. The van der Waals surface area contributed by atoms with Gasteiger partial charge in [-0.3, -0.25) is 4.79 Å². The van der Waals surface area contributed by atoms with Gasteiger partial charge in [0.05, 0.1) is 7.11 Å². The van der Waals surface area contributed by atoms with E-state index < -0.39 is 10.0 Å². The third kappa shape index (κ3) is 5.61. The number of sulfonamides is 1. The molecule has 1 aliphatic heterocycles. The van der Waals surface area contributed by atoms with Gasteiger partial charge in [-0.25, -0.2) is 8.42 Å². The number of carbonyl (C=O) groups excluding carboxylic acids is 1. The Morgan fingerprint density at radius 2 is 1.94 bits per heavy atom. The minimum absolute atomic E-state index is 0.0465. The van der Waals surface area contributed by atoms with Crippen LogP contribution in [0.3, 0.4) is 0 Å². The highest BCUT2D eigenvalue weighted by atomic mass is 32.2. The Bertz CT molecular complexity index is 1010. The fourth-order valence-corrected chi connectivity index (χ4v) is 5.89. The topological polar surface area (TPSA) is 79.0 Å². The van der Waals surface area contributed by atoms with E-state index in [1.54, 1.807) is 12.1 Å². The van der Waals surface area contributed by atoms with Gasteiger partial charge < -0.3 is 15.0 Å².